The first kappa shape index (κ1) is 19.1. The number of nitrogens with one attached hydrogen (secondary N) is 2. The molecule has 2 N–H and O–H groups in total. The number of hydrogen-bond donors (Lipinski definition) is 2. The first-order valence-electron chi connectivity index (χ1n) is 8.54. The molecule has 0 heterocycles. The number of rotatable bonds is 7. The number of halogens is 1. The summed E-state index contributed by atoms with van der Waals surface area (Å²) in [6, 6.07) is 7.49. The molecular weight excluding hydrogens is 344 g/mol. The minimum absolute atomic E-state index is 0.0492. The summed E-state index contributed by atoms with van der Waals surface area (Å²) in [6.07, 6.45) is 5.51. The first-order valence-corrected chi connectivity index (χ1v) is 9.80. The lowest BCUT2D eigenvalue weighted by atomic mass is 9.89. The lowest BCUT2D eigenvalue weighted by Gasteiger charge is -2.20. The van der Waals surface area contributed by atoms with Gasteiger partial charge >= 0.3 is 0 Å². The first-order chi connectivity index (χ1) is 11.6. The van der Waals surface area contributed by atoms with Crippen molar-refractivity contribution in [3.8, 4) is 0 Å². The van der Waals surface area contributed by atoms with Crippen LogP contribution < -0.4 is 10.6 Å². The highest BCUT2D eigenvalue weighted by Crippen LogP contribution is 2.29. The summed E-state index contributed by atoms with van der Waals surface area (Å²) in [7, 11) is 0. The second-order valence-corrected chi connectivity index (χ2v) is 7.90. The van der Waals surface area contributed by atoms with Crippen molar-refractivity contribution >= 4 is 35.2 Å². The van der Waals surface area contributed by atoms with Gasteiger partial charge in [0.1, 0.15) is 0 Å². The summed E-state index contributed by atoms with van der Waals surface area (Å²) >= 11 is 7.54. The van der Waals surface area contributed by atoms with Gasteiger partial charge in [-0.2, -0.15) is 0 Å². The van der Waals surface area contributed by atoms with Gasteiger partial charge in [0, 0.05) is 23.9 Å². The van der Waals surface area contributed by atoms with E-state index in [1.165, 1.54) is 18.2 Å². The highest BCUT2D eigenvalue weighted by molar-refractivity contribution is 8.00. The monoisotopic (exact) mass is 368 g/mol. The maximum atomic E-state index is 12.1. The molecule has 1 aliphatic rings. The van der Waals surface area contributed by atoms with Crippen molar-refractivity contribution in [3.63, 3.8) is 0 Å². The fourth-order valence-corrected chi connectivity index (χ4v) is 3.99. The molecule has 1 saturated carbocycles. The molecular formula is C18H25ClN2O2S. The van der Waals surface area contributed by atoms with Crippen molar-refractivity contribution in [3.05, 3.63) is 29.3 Å². The standard InChI is InChI=1S/C18H25ClN2O2S/c1-13(24-16-10-6-5-9-15(16)19)17(22)20-11-12-21-18(23)14-7-3-2-4-8-14/h5-6,9-10,13-14H,2-4,7-8,11-12H2,1H3,(H,20,22)(H,21,23). The summed E-state index contributed by atoms with van der Waals surface area (Å²) in [4.78, 5) is 25.0. The summed E-state index contributed by atoms with van der Waals surface area (Å²) in [5, 5.41) is 6.20. The lowest BCUT2D eigenvalue weighted by molar-refractivity contribution is -0.126. The van der Waals surface area contributed by atoms with Crippen LogP contribution in [0.15, 0.2) is 29.2 Å². The van der Waals surface area contributed by atoms with E-state index in [-0.39, 0.29) is 23.0 Å². The van der Waals surface area contributed by atoms with E-state index in [4.69, 9.17) is 11.6 Å². The molecule has 2 amide bonds. The highest BCUT2D eigenvalue weighted by atomic mass is 35.5. The Kier molecular flexibility index (Phi) is 7.92. The predicted molar refractivity (Wildman–Crippen MR) is 99.4 cm³/mol. The summed E-state index contributed by atoms with van der Waals surface area (Å²) in [6.45, 7) is 2.78. The molecule has 0 aromatic heterocycles. The molecule has 1 aromatic rings. The van der Waals surface area contributed by atoms with Gasteiger partial charge in [0.25, 0.3) is 0 Å². The molecule has 2 rings (SSSR count). The van der Waals surface area contributed by atoms with Gasteiger partial charge in [-0.05, 0) is 31.9 Å². The van der Waals surface area contributed by atoms with E-state index in [0.717, 1.165) is 30.6 Å². The molecule has 1 fully saturated rings. The Bertz CT molecular complexity index is 562. The largest absolute Gasteiger partial charge is 0.354 e. The molecule has 4 nitrogen and oxygen atoms in total. The minimum atomic E-state index is -0.237. The fraction of sp³-hybridized carbons (Fsp3) is 0.556. The van der Waals surface area contributed by atoms with Crippen molar-refractivity contribution in [2.24, 2.45) is 5.92 Å². The molecule has 24 heavy (non-hydrogen) atoms. The van der Waals surface area contributed by atoms with Gasteiger partial charge in [0.15, 0.2) is 0 Å². The molecule has 1 atom stereocenters. The molecule has 0 bridgehead atoms. The maximum absolute atomic E-state index is 12.1. The van der Waals surface area contributed by atoms with E-state index in [1.54, 1.807) is 0 Å². The fourth-order valence-electron chi connectivity index (χ4n) is 2.81. The summed E-state index contributed by atoms with van der Waals surface area (Å²) in [5.74, 6) is 0.235. The van der Waals surface area contributed by atoms with E-state index < -0.39 is 0 Å². The molecule has 1 aromatic carbocycles. The van der Waals surface area contributed by atoms with Crippen LogP contribution >= 0.6 is 23.4 Å². The average Bonchev–Trinajstić information content (AvgIpc) is 2.61. The molecule has 1 aliphatic carbocycles. The zero-order valence-corrected chi connectivity index (χ0v) is 15.6. The zero-order valence-electron chi connectivity index (χ0n) is 14.0. The van der Waals surface area contributed by atoms with Crippen molar-refractivity contribution in [1.82, 2.24) is 10.6 Å². The van der Waals surface area contributed by atoms with Gasteiger partial charge in [-0.3, -0.25) is 9.59 Å². The van der Waals surface area contributed by atoms with Crippen LogP contribution in [0.5, 0.6) is 0 Å². The number of hydrogen-bond acceptors (Lipinski definition) is 3. The van der Waals surface area contributed by atoms with Gasteiger partial charge in [-0.15, -0.1) is 11.8 Å². The van der Waals surface area contributed by atoms with Crippen LogP contribution in [0.4, 0.5) is 0 Å². The third-order valence-corrected chi connectivity index (χ3v) is 5.83. The normalized spacial score (nSPS) is 16.4. The van der Waals surface area contributed by atoms with Gasteiger partial charge in [0.2, 0.25) is 11.8 Å². The second kappa shape index (κ2) is 9.94. The molecule has 0 saturated heterocycles. The summed E-state index contributed by atoms with van der Waals surface area (Å²) in [5.41, 5.74) is 0. The molecule has 0 radical (unpaired) electrons. The van der Waals surface area contributed by atoms with Gasteiger partial charge in [0.05, 0.1) is 10.3 Å². The Labute approximate surface area is 153 Å². The molecule has 0 aliphatic heterocycles. The Morgan fingerprint density at radius 1 is 1.17 bits per heavy atom. The third kappa shape index (κ3) is 6.02. The van der Waals surface area contributed by atoms with Crippen LogP contribution in [0.2, 0.25) is 5.02 Å². The smallest absolute Gasteiger partial charge is 0.233 e. The highest BCUT2D eigenvalue weighted by Gasteiger charge is 2.20. The predicted octanol–water partition coefficient (Wildman–Crippen LogP) is 3.63. The van der Waals surface area contributed by atoms with Crippen molar-refractivity contribution in [2.75, 3.05) is 13.1 Å². The third-order valence-electron chi connectivity index (χ3n) is 4.21. The maximum Gasteiger partial charge on any atom is 0.233 e. The summed E-state index contributed by atoms with van der Waals surface area (Å²) < 4.78 is 0. The molecule has 1 unspecified atom stereocenters. The van der Waals surface area contributed by atoms with Crippen LogP contribution in [0, 0.1) is 5.92 Å². The zero-order chi connectivity index (χ0) is 17.4. The van der Waals surface area contributed by atoms with Crippen LogP contribution in [0.3, 0.4) is 0 Å². The number of amides is 2. The van der Waals surface area contributed by atoms with Crippen LogP contribution in [0.25, 0.3) is 0 Å². The van der Waals surface area contributed by atoms with Crippen molar-refractivity contribution in [2.45, 2.75) is 49.2 Å². The van der Waals surface area contributed by atoms with E-state index >= 15 is 0 Å². The van der Waals surface area contributed by atoms with Gasteiger partial charge in [-0.1, -0.05) is 43.0 Å². The Balaban J connectivity index is 1.65. The topological polar surface area (TPSA) is 58.2 Å². The minimum Gasteiger partial charge on any atom is -0.354 e. The Hall–Kier alpha value is -1.20. The van der Waals surface area contributed by atoms with Gasteiger partial charge < -0.3 is 10.6 Å². The van der Waals surface area contributed by atoms with Crippen molar-refractivity contribution in [1.29, 1.82) is 0 Å². The van der Waals surface area contributed by atoms with E-state index in [1.807, 2.05) is 31.2 Å². The van der Waals surface area contributed by atoms with E-state index in [0.29, 0.717) is 18.1 Å². The van der Waals surface area contributed by atoms with Crippen LogP contribution in [-0.4, -0.2) is 30.2 Å². The molecule has 6 heteroatoms. The quantitative estimate of drug-likeness (QED) is 0.570. The lowest BCUT2D eigenvalue weighted by Crippen LogP contribution is -2.40. The second-order valence-electron chi connectivity index (χ2n) is 6.11. The molecule has 132 valence electrons. The number of thioether (sulfide) groups is 1. The Morgan fingerprint density at radius 2 is 1.83 bits per heavy atom. The van der Waals surface area contributed by atoms with Crippen molar-refractivity contribution < 1.29 is 9.59 Å². The average molecular weight is 369 g/mol. The van der Waals surface area contributed by atoms with Crippen LogP contribution in [-0.2, 0) is 9.59 Å². The number of carbonyl (C=O) groups excluding carboxylic acids is 2. The molecule has 0 spiro atoms. The number of carbonyl (C=O) groups is 2. The van der Waals surface area contributed by atoms with E-state index in [9.17, 15) is 9.59 Å². The van der Waals surface area contributed by atoms with Crippen LogP contribution in [0.1, 0.15) is 39.0 Å². The van der Waals surface area contributed by atoms with Gasteiger partial charge in [-0.25, -0.2) is 0 Å². The SMILES string of the molecule is CC(Sc1ccccc1Cl)C(=O)NCCNC(=O)C1CCCCC1. The Morgan fingerprint density at radius 3 is 2.54 bits per heavy atom. The van der Waals surface area contributed by atoms with E-state index in [2.05, 4.69) is 10.6 Å². The number of benzene rings is 1.